The van der Waals surface area contributed by atoms with E-state index >= 15 is 0 Å². The molecular weight excluding hydrogens is 1790 g/mol. The SMILES string of the molecule is C.C[C@@H]1OCC2(CCNCC2)[C@@H]1N.Cc1nc(Cl)n2ccnc2c1Br.Cc1nc(N2CCC3(CC2)CO[C@@H](C)[C@H]3N)n2ccnc2c1-c1cccc(Cl)c1Cl.Cc1nc(N2CCC3(CC2)CO[C@@H](C)[C@H]3N)n2ccnc2c1-c1cccc(Cl)c1Cl.Cc1nc(N2CCC3(CC2)CO[C@@H](C)[C@H]3N)n2ccnc2c1Br.OB(O)c1cccc(Cl)c1Cl. The van der Waals surface area contributed by atoms with E-state index in [1.54, 1.807) is 53.5 Å². The molecule has 0 bridgehead atoms. The van der Waals surface area contributed by atoms with Crippen LogP contribution in [0, 0.1) is 49.4 Å². The van der Waals surface area contributed by atoms with Crippen molar-refractivity contribution in [3.63, 3.8) is 0 Å². The molecule has 11 N–H and O–H groups in total. The molecule has 36 heteroatoms. The lowest BCUT2D eigenvalue weighted by molar-refractivity contribution is 0.0951. The first-order valence-electron chi connectivity index (χ1n) is 39.9. The molecule has 4 spiro atoms. The molecule has 8 aliphatic rings. The number of ether oxygens (including phenoxy) is 4. The molecule has 0 amide bonds. The van der Waals surface area contributed by atoms with Crippen molar-refractivity contribution in [2.24, 2.45) is 44.6 Å². The van der Waals surface area contributed by atoms with E-state index in [1.165, 1.54) is 18.9 Å². The highest BCUT2D eigenvalue weighted by molar-refractivity contribution is 9.11. The molecule has 119 heavy (non-hydrogen) atoms. The molecule has 19 rings (SSSR count). The van der Waals surface area contributed by atoms with Crippen molar-refractivity contribution in [3.05, 3.63) is 171 Å². The third kappa shape index (κ3) is 18.1. The number of nitrogens with one attached hydrogen (secondary N) is 1. The number of piperidine rings is 4. The van der Waals surface area contributed by atoms with E-state index in [1.807, 2.05) is 85.5 Å². The van der Waals surface area contributed by atoms with Crippen LogP contribution < -0.4 is 48.4 Å². The predicted molar refractivity (Wildman–Crippen MR) is 485 cm³/mol. The first kappa shape index (κ1) is 90.9. The van der Waals surface area contributed by atoms with Gasteiger partial charge in [-0.3, -0.25) is 17.6 Å². The molecule has 3 aromatic carbocycles. The van der Waals surface area contributed by atoms with Gasteiger partial charge in [-0.2, -0.15) is 0 Å². The summed E-state index contributed by atoms with van der Waals surface area (Å²) in [7, 11) is -1.57. The molecule has 8 atom stereocenters. The van der Waals surface area contributed by atoms with Crippen LogP contribution in [0.25, 0.3) is 44.8 Å². The molecule has 11 aromatic rings. The van der Waals surface area contributed by atoms with Crippen LogP contribution in [0.3, 0.4) is 0 Å². The van der Waals surface area contributed by atoms with Crippen LogP contribution in [0.5, 0.6) is 0 Å². The molecule has 0 aliphatic carbocycles. The van der Waals surface area contributed by atoms with E-state index in [4.69, 9.17) is 148 Å². The second-order valence-corrected chi connectivity index (χ2v) is 36.6. The van der Waals surface area contributed by atoms with Crippen LogP contribution in [0.2, 0.25) is 35.4 Å². The lowest BCUT2D eigenvalue weighted by Gasteiger charge is -2.41. The van der Waals surface area contributed by atoms with Gasteiger partial charge in [0.05, 0.1) is 113 Å². The van der Waals surface area contributed by atoms with E-state index in [0.29, 0.717) is 35.8 Å². The Balaban J connectivity index is 0.000000129. The highest BCUT2D eigenvalue weighted by Crippen LogP contribution is 2.48. The lowest BCUT2D eigenvalue weighted by Crippen LogP contribution is -2.51. The number of hydrogen-bond acceptors (Lipinski definition) is 22. The predicted octanol–water partition coefficient (Wildman–Crippen LogP) is 14.7. The Morgan fingerprint density at radius 3 is 1.07 bits per heavy atom. The van der Waals surface area contributed by atoms with E-state index in [-0.39, 0.29) is 82.7 Å². The summed E-state index contributed by atoms with van der Waals surface area (Å²) in [4.78, 5) is 43.7. The second kappa shape index (κ2) is 37.9. The van der Waals surface area contributed by atoms with Gasteiger partial charge in [0.1, 0.15) is 11.3 Å². The van der Waals surface area contributed by atoms with Crippen LogP contribution in [0.1, 0.15) is 109 Å². The highest BCUT2D eigenvalue weighted by atomic mass is 79.9. The standard InChI is InChI=1S/2C22H25Cl2N5O.C16H22BrN5O.C9H18N2O.C7H5BrClN3.C6H5BCl2O2.CH4/c2*1-13-17(15-4-3-5-16(23)18(15)24)20-26-8-11-29(20)21(27-13)28-9-6-22(7-10-28)12-30-14(2)19(22)25;1-10-12(17)14-19-5-8-22(14)15(20-10)21-6-3-16(4-7-21)9-23-11(2)13(16)18;1-7-8(10)9(6-12-7)2-4-11-5-3-9;1-4-5(8)6-10-2-3-12(6)7(9)11-4;8-5-3-1-2-4(6(5)9)7(10)11;/h2*3-5,8,11,14,19H,6-7,9-10,12,25H2,1-2H3;5,8,11,13H,3-4,6-7,9,18H2,1-2H3;7-8,11H,2-6,10H2,1H3;2-3H,1H3;1-3,10-11H;1H4/t2*14-,19+;11-,13+;7-,8+;;;/m0000.../s1. The number of aromatic nitrogens is 12. The zero-order chi connectivity index (χ0) is 84.0. The molecule has 0 radical (unpaired) electrons. The average molecular weight is 1900 g/mol. The van der Waals surface area contributed by atoms with Crippen molar-refractivity contribution in [1.82, 2.24) is 62.8 Å². The van der Waals surface area contributed by atoms with Crippen LogP contribution in [0.15, 0.2) is 113 Å². The van der Waals surface area contributed by atoms with Crippen molar-refractivity contribution < 1.29 is 29.0 Å². The summed E-state index contributed by atoms with van der Waals surface area (Å²) >= 11 is 49.7. The Hall–Kier alpha value is -5.85. The highest BCUT2D eigenvalue weighted by Gasteiger charge is 2.51. The van der Waals surface area contributed by atoms with Gasteiger partial charge in [-0.05, 0) is 182 Å². The van der Waals surface area contributed by atoms with Crippen molar-refractivity contribution in [3.8, 4) is 22.3 Å². The maximum atomic E-state index is 8.74. The number of nitrogens with two attached hydrogens (primary N) is 4. The fourth-order valence-electron chi connectivity index (χ4n) is 17.9. The Morgan fingerprint density at radius 2 is 0.723 bits per heavy atom. The Labute approximate surface area is 746 Å². The number of halogens is 9. The fourth-order valence-corrected chi connectivity index (χ4v) is 20.1. The van der Waals surface area contributed by atoms with Gasteiger partial charge in [-0.15, -0.1) is 0 Å². The minimum atomic E-state index is -1.57. The first-order chi connectivity index (χ1) is 56.4. The maximum Gasteiger partial charge on any atom is 0.490 e. The van der Waals surface area contributed by atoms with Gasteiger partial charge in [0.25, 0.3) is 0 Å². The first-order valence-corrected chi connectivity index (χ1v) is 44.1. The van der Waals surface area contributed by atoms with Crippen LogP contribution in [0.4, 0.5) is 17.8 Å². The van der Waals surface area contributed by atoms with Crippen molar-refractivity contribution in [1.29, 1.82) is 0 Å². The van der Waals surface area contributed by atoms with Gasteiger partial charge < -0.3 is 71.9 Å². The van der Waals surface area contributed by atoms with Crippen molar-refractivity contribution in [2.75, 3.05) is 93.5 Å². The Bertz CT molecular complexity index is 5220. The number of benzene rings is 3. The van der Waals surface area contributed by atoms with Crippen molar-refractivity contribution in [2.45, 2.75) is 163 Å². The monoisotopic (exact) mass is 1890 g/mol. The number of anilines is 3. The molecule has 638 valence electrons. The summed E-state index contributed by atoms with van der Waals surface area (Å²) in [6.45, 7) is 27.0. The minimum Gasteiger partial charge on any atom is -0.423 e. The number of nitrogens with zero attached hydrogens (tertiary/aromatic N) is 15. The zero-order valence-electron chi connectivity index (χ0n) is 67.1. The van der Waals surface area contributed by atoms with Crippen LogP contribution >= 0.6 is 113 Å². The second-order valence-electron chi connectivity index (χ2n) is 32.4. The third-order valence-electron chi connectivity index (χ3n) is 25.5. The Morgan fingerprint density at radius 1 is 0.420 bits per heavy atom. The van der Waals surface area contributed by atoms with Crippen LogP contribution in [-0.2, 0) is 18.9 Å². The number of rotatable bonds is 6. The summed E-state index contributed by atoms with van der Waals surface area (Å²) in [5.41, 5.74) is 36.8. The molecule has 0 saturated carbocycles. The van der Waals surface area contributed by atoms with Crippen molar-refractivity contribution >= 4 is 166 Å². The summed E-state index contributed by atoms with van der Waals surface area (Å²) in [6, 6.07) is 16.5. The van der Waals surface area contributed by atoms with Gasteiger partial charge in [0.2, 0.25) is 23.1 Å². The molecule has 8 aromatic heterocycles. The number of hydrogen-bond donors (Lipinski definition) is 7. The molecule has 16 heterocycles. The molecule has 26 nitrogen and oxygen atoms in total. The number of imidazole rings is 4. The van der Waals surface area contributed by atoms with E-state index in [0.717, 1.165) is 212 Å². The van der Waals surface area contributed by atoms with Gasteiger partial charge in [0.15, 0.2) is 11.3 Å². The smallest absolute Gasteiger partial charge is 0.423 e. The molecule has 0 unspecified atom stereocenters. The maximum absolute atomic E-state index is 8.74. The normalized spacial score (nSPS) is 23.2. The summed E-state index contributed by atoms with van der Waals surface area (Å²) in [5.74, 6) is 2.77. The minimum absolute atomic E-state index is 0. The fraction of sp³-hybridized carbons (Fsp3) is 0.494. The van der Waals surface area contributed by atoms with Gasteiger partial charge >= 0.3 is 7.12 Å². The van der Waals surface area contributed by atoms with Crippen LogP contribution in [-0.4, -0.2) is 202 Å². The summed E-state index contributed by atoms with van der Waals surface area (Å²) in [5, 5.41) is 23.9. The molecule has 8 aliphatic heterocycles. The van der Waals surface area contributed by atoms with E-state index < -0.39 is 7.12 Å². The summed E-state index contributed by atoms with van der Waals surface area (Å²) < 4.78 is 32.9. The van der Waals surface area contributed by atoms with E-state index in [2.05, 4.69) is 109 Å². The Kier molecular flexibility index (Phi) is 29.0. The largest absolute Gasteiger partial charge is 0.490 e. The lowest BCUT2D eigenvalue weighted by atomic mass is 9.73. The molecule has 8 fully saturated rings. The van der Waals surface area contributed by atoms with Gasteiger partial charge in [-0.1, -0.05) is 113 Å². The molecule has 8 saturated heterocycles. The van der Waals surface area contributed by atoms with E-state index in [9.17, 15) is 0 Å². The molecular formula is C83H104BBr2Cl7N20O6. The quantitative estimate of drug-likeness (QED) is 0.0601. The zero-order valence-corrected chi connectivity index (χ0v) is 75.6. The third-order valence-corrected chi connectivity index (χ3v) is 30.1. The number of fused-ring (bicyclic) bond motifs is 4. The topological polar surface area (TPSA) is 324 Å². The van der Waals surface area contributed by atoms with Gasteiger partial charge in [0, 0.05) is 162 Å². The number of aryl methyl sites for hydroxylation is 4. The summed E-state index contributed by atoms with van der Waals surface area (Å²) in [6.07, 6.45) is 23.9. The average Bonchev–Trinajstić information content (AvgIpc) is 1.67. The van der Waals surface area contributed by atoms with Gasteiger partial charge in [-0.25, -0.2) is 39.9 Å².